The van der Waals surface area contributed by atoms with Crippen molar-refractivity contribution in [2.45, 2.75) is 12.8 Å². The van der Waals surface area contributed by atoms with E-state index in [2.05, 4.69) is 0 Å². The lowest BCUT2D eigenvalue weighted by molar-refractivity contribution is -0.129. The second kappa shape index (κ2) is 3.48. The summed E-state index contributed by atoms with van der Waals surface area (Å²) in [5, 5.41) is 8.42. The number of carbonyl (C=O) groups is 1. The van der Waals surface area contributed by atoms with E-state index in [1.807, 2.05) is 6.07 Å². The summed E-state index contributed by atoms with van der Waals surface area (Å²) in [7, 11) is 0. The molecule has 0 N–H and O–H groups in total. The van der Waals surface area contributed by atoms with Gasteiger partial charge in [-0.05, 0) is 0 Å². The molecule has 0 aliphatic carbocycles. The van der Waals surface area contributed by atoms with Crippen molar-refractivity contribution in [3.8, 4) is 6.07 Å². The zero-order valence-electron chi connectivity index (χ0n) is 6.33. The predicted octanol–water partition coefficient (Wildman–Crippen LogP) is 0.624. The van der Waals surface area contributed by atoms with Gasteiger partial charge in [0.1, 0.15) is 0 Å². The standard InChI is InChI=1S/C7H8F2N2O/c8-6(9)4-11-3-5(2-10)1-7(11)12/h5-6H,1,3-4H2. The summed E-state index contributed by atoms with van der Waals surface area (Å²) >= 11 is 0. The third-order valence-electron chi connectivity index (χ3n) is 1.76. The SMILES string of the molecule is N#CC1CC(=O)N(CC(F)F)C1. The Morgan fingerprint density at radius 1 is 1.75 bits per heavy atom. The largest absolute Gasteiger partial charge is 0.336 e. The molecule has 0 saturated carbocycles. The van der Waals surface area contributed by atoms with Crippen LogP contribution in [-0.4, -0.2) is 30.3 Å². The van der Waals surface area contributed by atoms with Gasteiger partial charge in [0.25, 0.3) is 6.43 Å². The first-order valence-electron chi connectivity index (χ1n) is 3.59. The first kappa shape index (κ1) is 8.91. The van der Waals surface area contributed by atoms with E-state index in [4.69, 9.17) is 5.26 Å². The minimum atomic E-state index is -2.51. The van der Waals surface area contributed by atoms with Crippen molar-refractivity contribution in [3.63, 3.8) is 0 Å². The Hall–Kier alpha value is -1.18. The number of hydrogen-bond donors (Lipinski definition) is 0. The van der Waals surface area contributed by atoms with Crippen LogP contribution in [0.2, 0.25) is 0 Å². The van der Waals surface area contributed by atoms with Crippen LogP contribution in [0, 0.1) is 17.2 Å². The number of hydrogen-bond acceptors (Lipinski definition) is 2. The number of rotatable bonds is 2. The van der Waals surface area contributed by atoms with Gasteiger partial charge in [0, 0.05) is 13.0 Å². The van der Waals surface area contributed by atoms with Crippen LogP contribution in [-0.2, 0) is 4.79 Å². The average molecular weight is 174 g/mol. The van der Waals surface area contributed by atoms with Crippen molar-refractivity contribution in [2.75, 3.05) is 13.1 Å². The lowest BCUT2D eigenvalue weighted by Gasteiger charge is -2.13. The number of likely N-dealkylation sites (tertiary alicyclic amines) is 1. The van der Waals surface area contributed by atoms with Crippen LogP contribution in [0.3, 0.4) is 0 Å². The van der Waals surface area contributed by atoms with Crippen molar-refractivity contribution in [1.82, 2.24) is 4.90 Å². The number of nitriles is 1. The Kier molecular flexibility index (Phi) is 2.58. The van der Waals surface area contributed by atoms with Gasteiger partial charge >= 0.3 is 0 Å². The molecule has 1 atom stereocenters. The molecule has 0 radical (unpaired) electrons. The van der Waals surface area contributed by atoms with Gasteiger partial charge in [0.15, 0.2) is 0 Å². The predicted molar refractivity (Wildman–Crippen MR) is 36.3 cm³/mol. The highest BCUT2D eigenvalue weighted by Gasteiger charge is 2.30. The summed E-state index contributed by atoms with van der Waals surface area (Å²) < 4.78 is 23.6. The van der Waals surface area contributed by atoms with Gasteiger partial charge in [-0.3, -0.25) is 4.79 Å². The normalized spacial score (nSPS) is 23.3. The molecule has 1 fully saturated rings. The zero-order chi connectivity index (χ0) is 9.14. The van der Waals surface area contributed by atoms with Crippen LogP contribution in [0.15, 0.2) is 0 Å². The lowest BCUT2D eigenvalue weighted by atomic mass is 10.1. The van der Waals surface area contributed by atoms with E-state index in [0.717, 1.165) is 4.90 Å². The fourth-order valence-electron chi connectivity index (χ4n) is 1.20. The first-order valence-corrected chi connectivity index (χ1v) is 3.59. The summed E-state index contributed by atoms with van der Waals surface area (Å²) in [4.78, 5) is 12.0. The van der Waals surface area contributed by atoms with E-state index < -0.39 is 18.9 Å². The molecule has 66 valence electrons. The van der Waals surface area contributed by atoms with Gasteiger partial charge < -0.3 is 4.90 Å². The minimum absolute atomic E-state index is 0.0865. The monoisotopic (exact) mass is 174 g/mol. The molecule has 1 aliphatic heterocycles. The molecule has 1 aliphatic rings. The molecular formula is C7H8F2N2O. The maximum absolute atomic E-state index is 11.8. The van der Waals surface area contributed by atoms with Gasteiger partial charge in [-0.15, -0.1) is 0 Å². The Morgan fingerprint density at radius 2 is 2.42 bits per heavy atom. The molecule has 1 amide bonds. The van der Waals surface area contributed by atoms with Crippen LogP contribution < -0.4 is 0 Å². The van der Waals surface area contributed by atoms with Crippen LogP contribution in [0.4, 0.5) is 8.78 Å². The summed E-state index contributed by atoms with van der Waals surface area (Å²) in [5.74, 6) is -0.752. The third kappa shape index (κ3) is 1.91. The Balaban J connectivity index is 2.48. The molecule has 1 rings (SSSR count). The van der Waals surface area contributed by atoms with Gasteiger partial charge in [0.05, 0.1) is 18.5 Å². The quantitative estimate of drug-likeness (QED) is 0.616. The topological polar surface area (TPSA) is 44.1 Å². The second-order valence-corrected chi connectivity index (χ2v) is 2.72. The number of amides is 1. The van der Waals surface area contributed by atoms with Crippen LogP contribution in [0.5, 0.6) is 0 Å². The number of halogens is 2. The summed E-state index contributed by atoms with van der Waals surface area (Å²) in [6.07, 6.45) is -2.42. The van der Waals surface area contributed by atoms with Crippen molar-refractivity contribution in [3.05, 3.63) is 0 Å². The summed E-state index contributed by atoms with van der Waals surface area (Å²) in [5.41, 5.74) is 0. The molecule has 0 spiro atoms. The van der Waals surface area contributed by atoms with Crippen molar-refractivity contribution < 1.29 is 13.6 Å². The van der Waals surface area contributed by atoms with Gasteiger partial charge in [-0.2, -0.15) is 5.26 Å². The van der Waals surface area contributed by atoms with Crippen LogP contribution in [0.25, 0.3) is 0 Å². The number of carbonyl (C=O) groups excluding carboxylic acids is 1. The first-order chi connectivity index (χ1) is 5.63. The van der Waals surface area contributed by atoms with Gasteiger partial charge in [-0.25, -0.2) is 8.78 Å². The van der Waals surface area contributed by atoms with Crippen molar-refractivity contribution in [1.29, 1.82) is 5.26 Å². The molecular weight excluding hydrogens is 166 g/mol. The van der Waals surface area contributed by atoms with E-state index in [0.29, 0.717) is 0 Å². The molecule has 12 heavy (non-hydrogen) atoms. The van der Waals surface area contributed by atoms with E-state index in [9.17, 15) is 13.6 Å². The van der Waals surface area contributed by atoms with E-state index >= 15 is 0 Å². The highest BCUT2D eigenvalue weighted by atomic mass is 19.3. The van der Waals surface area contributed by atoms with Crippen molar-refractivity contribution in [2.24, 2.45) is 5.92 Å². The van der Waals surface area contributed by atoms with E-state index in [-0.39, 0.29) is 18.9 Å². The third-order valence-corrected chi connectivity index (χ3v) is 1.76. The van der Waals surface area contributed by atoms with Gasteiger partial charge in [0.2, 0.25) is 5.91 Å². The van der Waals surface area contributed by atoms with Crippen LogP contribution >= 0.6 is 0 Å². The fourth-order valence-corrected chi connectivity index (χ4v) is 1.20. The molecule has 5 heteroatoms. The number of alkyl halides is 2. The van der Waals surface area contributed by atoms with Crippen LogP contribution in [0.1, 0.15) is 6.42 Å². The molecule has 0 bridgehead atoms. The summed E-state index contributed by atoms with van der Waals surface area (Å²) in [6.45, 7) is -0.392. The van der Waals surface area contributed by atoms with Crippen molar-refractivity contribution >= 4 is 5.91 Å². The molecule has 0 aromatic heterocycles. The smallest absolute Gasteiger partial charge is 0.255 e. The maximum atomic E-state index is 11.8. The molecule has 0 aromatic carbocycles. The zero-order valence-corrected chi connectivity index (χ0v) is 6.33. The summed E-state index contributed by atoms with van der Waals surface area (Å²) in [6, 6.07) is 1.89. The second-order valence-electron chi connectivity index (χ2n) is 2.72. The Bertz CT molecular complexity index is 224. The Morgan fingerprint density at radius 3 is 2.83 bits per heavy atom. The average Bonchev–Trinajstić information content (AvgIpc) is 2.31. The maximum Gasteiger partial charge on any atom is 0.255 e. The molecule has 1 unspecified atom stereocenters. The molecule has 3 nitrogen and oxygen atoms in total. The Labute approximate surface area is 68.6 Å². The lowest BCUT2D eigenvalue weighted by Crippen LogP contribution is -2.30. The minimum Gasteiger partial charge on any atom is -0.336 e. The molecule has 1 heterocycles. The molecule has 0 aromatic rings. The fraction of sp³-hybridized carbons (Fsp3) is 0.714. The molecule has 1 saturated heterocycles. The van der Waals surface area contributed by atoms with Gasteiger partial charge in [-0.1, -0.05) is 0 Å². The number of nitrogens with zero attached hydrogens (tertiary/aromatic N) is 2. The highest BCUT2D eigenvalue weighted by Crippen LogP contribution is 2.17. The highest BCUT2D eigenvalue weighted by molar-refractivity contribution is 5.79. The van der Waals surface area contributed by atoms with E-state index in [1.165, 1.54) is 0 Å². The van der Waals surface area contributed by atoms with E-state index in [1.54, 1.807) is 0 Å².